The summed E-state index contributed by atoms with van der Waals surface area (Å²) in [5, 5.41) is 0. The van der Waals surface area contributed by atoms with Crippen LogP contribution in [0.1, 0.15) is 45.0 Å². The van der Waals surface area contributed by atoms with Gasteiger partial charge < -0.3 is 14.5 Å². The molecule has 5 rings (SSSR count). The Hall–Kier alpha value is -3.18. The predicted molar refractivity (Wildman–Crippen MR) is 131 cm³/mol. The SMILES string of the molecule is Cc1c2nc(c(C)c3ccc([n-]3)c(C)c3nc(c(C)c4ccc1[n-]4)C=C3)C=C2.O=S(=O)([O-])C(F)(F)F.[Fe+3]. The molecule has 12 heteroatoms. The molecule has 0 aromatic carbocycles. The summed E-state index contributed by atoms with van der Waals surface area (Å²) in [4.78, 5) is 19.4. The van der Waals surface area contributed by atoms with Crippen molar-refractivity contribution in [2.75, 3.05) is 0 Å². The topological polar surface area (TPSA) is 111 Å². The van der Waals surface area contributed by atoms with E-state index in [-0.39, 0.29) is 17.1 Å². The van der Waals surface area contributed by atoms with Crippen molar-refractivity contribution in [1.82, 2.24) is 19.9 Å². The second kappa shape index (κ2) is 10.3. The first kappa shape index (κ1) is 28.4. The largest absolute Gasteiger partial charge is 3.00 e. The van der Waals surface area contributed by atoms with Gasteiger partial charge in [-0.2, -0.15) is 13.2 Å². The van der Waals surface area contributed by atoms with Crippen molar-refractivity contribution in [1.29, 1.82) is 0 Å². The molecule has 3 aromatic rings. The van der Waals surface area contributed by atoms with Crippen LogP contribution < -0.4 is 9.97 Å². The summed E-state index contributed by atoms with van der Waals surface area (Å²) < 4.78 is 58.9. The number of rotatable bonds is 0. The van der Waals surface area contributed by atoms with Crippen LogP contribution in [0.2, 0.25) is 0 Å². The Morgan fingerprint density at radius 1 is 0.649 bits per heavy atom. The number of hydrogen-bond acceptors (Lipinski definition) is 5. The van der Waals surface area contributed by atoms with E-state index in [1.54, 1.807) is 0 Å². The number of nitrogens with zero attached hydrogens (tertiary/aromatic N) is 4. The molecule has 37 heavy (non-hydrogen) atoms. The van der Waals surface area contributed by atoms with E-state index in [4.69, 9.17) is 32.9 Å². The van der Waals surface area contributed by atoms with Gasteiger partial charge in [-0.1, -0.05) is 24.3 Å². The summed E-state index contributed by atoms with van der Waals surface area (Å²) in [5.74, 6) is 0. The molecule has 193 valence electrons. The van der Waals surface area contributed by atoms with Gasteiger partial charge in [0.15, 0.2) is 10.1 Å². The molecule has 0 spiro atoms. The summed E-state index contributed by atoms with van der Waals surface area (Å²) >= 11 is 0. The minimum Gasteiger partial charge on any atom is -0.741 e. The standard InChI is InChI=1S/C24H20N4.CHF3O3S.Fe/c1-13-17-5-7-19(25-17)14(2)21-9-11-23(27-21)16(4)24-12-10-22(28-24)15(3)20-8-6-18(13)26-20;2-1(3,4)8(5,6)7;/h5-12H,1-4H3;(H,5,6,7);/q-2;;+3/p-1. The molecule has 0 N–H and O–H groups in total. The zero-order valence-electron chi connectivity index (χ0n) is 20.0. The number of fused-ring (bicyclic) bond motifs is 8. The first-order valence-electron chi connectivity index (χ1n) is 10.7. The number of aromatic nitrogens is 4. The monoisotopic (exact) mass is 569 g/mol. The fourth-order valence-corrected chi connectivity index (χ4v) is 3.64. The summed E-state index contributed by atoms with van der Waals surface area (Å²) in [7, 11) is -6.09. The molecule has 3 aromatic heterocycles. The summed E-state index contributed by atoms with van der Waals surface area (Å²) in [6.07, 6.45) is 8.23. The Bertz CT molecular complexity index is 1500. The van der Waals surface area contributed by atoms with Crippen molar-refractivity contribution >= 4 is 56.5 Å². The maximum absolute atomic E-state index is 10.7. The van der Waals surface area contributed by atoms with Gasteiger partial charge in [-0.05, 0) is 74.3 Å². The van der Waals surface area contributed by atoms with Gasteiger partial charge in [0.1, 0.15) is 0 Å². The van der Waals surface area contributed by atoms with Gasteiger partial charge in [0.25, 0.3) is 0 Å². The van der Waals surface area contributed by atoms with E-state index < -0.39 is 15.6 Å². The second-order valence-corrected chi connectivity index (χ2v) is 9.63. The second-order valence-electron chi connectivity index (χ2n) is 8.26. The van der Waals surface area contributed by atoms with Crippen LogP contribution in [0.5, 0.6) is 0 Å². The normalized spacial score (nSPS) is 12.6. The predicted octanol–water partition coefficient (Wildman–Crippen LogP) is 5.20. The van der Waals surface area contributed by atoms with E-state index in [0.29, 0.717) is 0 Å². The molecule has 0 saturated carbocycles. The van der Waals surface area contributed by atoms with Crippen LogP contribution in [0, 0.1) is 27.7 Å². The number of halogens is 3. The van der Waals surface area contributed by atoms with Gasteiger partial charge in [0, 0.05) is 0 Å². The quantitative estimate of drug-likeness (QED) is 0.143. The molecule has 5 heterocycles. The third kappa shape index (κ3) is 5.72. The van der Waals surface area contributed by atoms with Crippen LogP contribution in [0.3, 0.4) is 0 Å². The zero-order valence-corrected chi connectivity index (χ0v) is 21.9. The van der Waals surface area contributed by atoms with Crippen LogP contribution in [0.4, 0.5) is 13.2 Å². The molecular formula is C25H20F3FeN4O3S. The third-order valence-corrected chi connectivity index (χ3v) is 6.48. The minimum atomic E-state index is -6.09. The first-order valence-corrected chi connectivity index (χ1v) is 12.1. The van der Waals surface area contributed by atoms with Gasteiger partial charge in [-0.3, -0.25) is 0 Å². The van der Waals surface area contributed by atoms with E-state index in [1.807, 2.05) is 0 Å². The Labute approximate surface area is 221 Å². The van der Waals surface area contributed by atoms with Crippen molar-refractivity contribution in [3.05, 3.63) is 69.3 Å². The molecule has 0 amide bonds. The van der Waals surface area contributed by atoms with Gasteiger partial charge in [0.2, 0.25) is 0 Å². The van der Waals surface area contributed by atoms with Crippen molar-refractivity contribution in [3.63, 3.8) is 0 Å². The minimum absolute atomic E-state index is 0. The molecule has 0 saturated heterocycles. The maximum Gasteiger partial charge on any atom is 3.00 e. The average Bonchev–Trinajstić information content (AvgIpc) is 3.62. The van der Waals surface area contributed by atoms with Crippen LogP contribution >= 0.6 is 0 Å². The maximum atomic E-state index is 10.7. The van der Waals surface area contributed by atoms with Crippen molar-refractivity contribution in [2.45, 2.75) is 33.2 Å². The molecule has 2 aliphatic heterocycles. The molecule has 0 aliphatic carbocycles. The van der Waals surface area contributed by atoms with Crippen LogP contribution in [0.25, 0.3) is 46.4 Å². The third-order valence-electron chi connectivity index (χ3n) is 5.92. The summed E-state index contributed by atoms with van der Waals surface area (Å²) in [6.45, 7) is 8.29. The molecule has 0 unspecified atom stereocenters. The van der Waals surface area contributed by atoms with Gasteiger partial charge in [-0.15, -0.1) is 22.1 Å². The Morgan fingerprint density at radius 3 is 1.05 bits per heavy atom. The smallest absolute Gasteiger partial charge is 0.741 e. The molecule has 2 aliphatic rings. The molecule has 0 atom stereocenters. The molecule has 8 bridgehead atoms. The average molecular weight is 569 g/mol. The Balaban J connectivity index is 0.000000370. The van der Waals surface area contributed by atoms with Gasteiger partial charge >= 0.3 is 22.6 Å². The number of alkyl halides is 3. The summed E-state index contributed by atoms with van der Waals surface area (Å²) in [5.41, 5.74) is 6.25. The molecule has 0 fully saturated rings. The summed E-state index contributed by atoms with van der Waals surface area (Å²) in [6, 6.07) is 8.23. The van der Waals surface area contributed by atoms with E-state index >= 15 is 0 Å². The van der Waals surface area contributed by atoms with Crippen LogP contribution in [-0.4, -0.2) is 28.4 Å². The molecule has 1 radical (unpaired) electrons. The van der Waals surface area contributed by atoms with Crippen molar-refractivity contribution < 1.29 is 43.2 Å². The molecule has 7 nitrogen and oxygen atoms in total. The first-order chi connectivity index (χ1) is 16.8. The Kier molecular flexibility index (Phi) is 7.90. The number of aryl methyl sites for hydroxylation is 4. The Morgan fingerprint density at radius 2 is 0.865 bits per heavy atom. The van der Waals surface area contributed by atoms with Crippen LogP contribution in [0.15, 0.2) is 24.3 Å². The van der Waals surface area contributed by atoms with E-state index in [1.165, 1.54) is 0 Å². The van der Waals surface area contributed by atoms with Crippen molar-refractivity contribution in [2.24, 2.45) is 0 Å². The van der Waals surface area contributed by atoms with Gasteiger partial charge in [0.05, 0.1) is 22.8 Å². The number of hydrogen-bond donors (Lipinski definition) is 0. The van der Waals surface area contributed by atoms with E-state index in [0.717, 1.165) is 67.1 Å². The van der Waals surface area contributed by atoms with Crippen molar-refractivity contribution in [3.8, 4) is 0 Å². The molecular weight excluding hydrogens is 549 g/mol. The van der Waals surface area contributed by atoms with Crippen LogP contribution in [-0.2, 0) is 27.2 Å². The zero-order chi connectivity index (χ0) is 26.4. The van der Waals surface area contributed by atoms with Gasteiger partial charge in [-0.25, -0.2) is 18.4 Å². The fraction of sp³-hybridized carbons (Fsp3) is 0.200. The van der Waals surface area contributed by atoms with E-state index in [9.17, 15) is 13.2 Å². The van der Waals surface area contributed by atoms with E-state index in [2.05, 4.69) is 76.3 Å². The fourth-order valence-electron chi connectivity index (χ4n) is 3.64.